The fourth-order valence-corrected chi connectivity index (χ4v) is 4.68. The number of sulfone groups is 1. The zero-order valence-corrected chi connectivity index (χ0v) is 13.6. The van der Waals surface area contributed by atoms with Crippen LogP contribution in [0.3, 0.4) is 0 Å². The molecule has 0 aromatic heterocycles. The highest BCUT2D eigenvalue weighted by Crippen LogP contribution is 2.50. The molecule has 0 radical (unpaired) electrons. The number of rotatable bonds is 11. The molecule has 0 saturated heterocycles. The van der Waals surface area contributed by atoms with E-state index in [0.29, 0.717) is 0 Å². The van der Waals surface area contributed by atoms with E-state index in [9.17, 15) is 13.2 Å². The van der Waals surface area contributed by atoms with Crippen LogP contribution in [-0.4, -0.2) is 33.0 Å². The Bertz CT molecular complexity index is 396. The molecule has 0 bridgehead atoms. The number of carbonyl (C=O) groups excluding carboxylic acids is 1. The number of hydrogen-bond donors (Lipinski definition) is 0. The van der Waals surface area contributed by atoms with Crippen LogP contribution in [0.2, 0.25) is 0 Å². The van der Waals surface area contributed by atoms with Crippen molar-refractivity contribution in [3.05, 3.63) is 0 Å². The molecule has 20 heavy (non-hydrogen) atoms. The highest BCUT2D eigenvalue weighted by Gasteiger charge is 2.47. The summed E-state index contributed by atoms with van der Waals surface area (Å²) in [6.07, 6.45) is 8.40. The van der Waals surface area contributed by atoms with E-state index in [2.05, 4.69) is 11.7 Å². The minimum atomic E-state index is -3.03. The topological polar surface area (TPSA) is 60.4 Å². The molecule has 0 heterocycles. The van der Waals surface area contributed by atoms with E-state index < -0.39 is 9.84 Å². The lowest BCUT2D eigenvalue weighted by atomic mass is 10.1. The minimum absolute atomic E-state index is 0.157. The lowest BCUT2D eigenvalue weighted by molar-refractivity contribution is -0.141. The van der Waals surface area contributed by atoms with Crippen molar-refractivity contribution >= 4 is 15.8 Å². The Morgan fingerprint density at radius 3 is 2.25 bits per heavy atom. The highest BCUT2D eigenvalue weighted by molar-refractivity contribution is 7.91. The molecule has 1 aliphatic rings. The van der Waals surface area contributed by atoms with Gasteiger partial charge in [-0.15, -0.1) is 0 Å². The lowest BCUT2D eigenvalue weighted by Gasteiger charge is -2.13. The van der Waals surface area contributed by atoms with Gasteiger partial charge in [-0.2, -0.15) is 0 Å². The monoisotopic (exact) mass is 304 g/mol. The predicted molar refractivity (Wildman–Crippen MR) is 80.3 cm³/mol. The molecule has 1 aliphatic carbocycles. The molecule has 1 fully saturated rings. The molecule has 1 saturated carbocycles. The SMILES string of the molecule is CCCCCCCCS(=O)(=O)CC1(CC(=O)OC)CC1. The first kappa shape index (κ1) is 17.5. The second kappa shape index (κ2) is 8.01. The Hall–Kier alpha value is -0.580. The van der Waals surface area contributed by atoms with Gasteiger partial charge in [0.15, 0.2) is 9.84 Å². The molecular weight excluding hydrogens is 276 g/mol. The summed E-state index contributed by atoms with van der Waals surface area (Å²) in [4.78, 5) is 11.3. The van der Waals surface area contributed by atoms with Crippen molar-refractivity contribution in [2.45, 2.75) is 64.7 Å². The number of esters is 1. The van der Waals surface area contributed by atoms with E-state index in [1.165, 1.54) is 26.4 Å². The van der Waals surface area contributed by atoms with Gasteiger partial charge < -0.3 is 4.74 Å². The standard InChI is InChI=1S/C15H28O4S/c1-3-4-5-6-7-8-11-20(17,18)13-15(9-10-15)12-14(16)19-2/h3-13H2,1-2H3. The summed E-state index contributed by atoms with van der Waals surface area (Å²) in [5, 5.41) is 0. The normalized spacial score (nSPS) is 16.9. The number of hydrogen-bond acceptors (Lipinski definition) is 4. The maximum absolute atomic E-state index is 12.1. The molecule has 0 unspecified atom stereocenters. The summed E-state index contributed by atoms with van der Waals surface area (Å²) in [6, 6.07) is 0. The van der Waals surface area contributed by atoms with Crippen LogP contribution >= 0.6 is 0 Å². The molecule has 1 rings (SSSR count). The Balaban J connectivity index is 2.26. The van der Waals surface area contributed by atoms with Crippen molar-refractivity contribution in [2.75, 3.05) is 18.6 Å². The van der Waals surface area contributed by atoms with Crippen molar-refractivity contribution in [1.82, 2.24) is 0 Å². The first-order valence-corrected chi connectivity index (χ1v) is 9.52. The van der Waals surface area contributed by atoms with E-state index in [4.69, 9.17) is 0 Å². The van der Waals surface area contributed by atoms with Crippen molar-refractivity contribution < 1.29 is 17.9 Å². The highest BCUT2D eigenvalue weighted by atomic mass is 32.2. The first-order chi connectivity index (χ1) is 9.43. The molecule has 0 aliphatic heterocycles. The average molecular weight is 304 g/mol. The van der Waals surface area contributed by atoms with E-state index in [1.807, 2.05) is 0 Å². The molecule has 0 aromatic rings. The van der Waals surface area contributed by atoms with Crippen molar-refractivity contribution in [3.8, 4) is 0 Å². The molecule has 0 N–H and O–H groups in total. The first-order valence-electron chi connectivity index (χ1n) is 7.70. The quantitative estimate of drug-likeness (QED) is 0.435. The van der Waals surface area contributed by atoms with Gasteiger partial charge in [0.05, 0.1) is 25.0 Å². The van der Waals surface area contributed by atoms with Gasteiger partial charge in [0, 0.05) is 0 Å². The number of ether oxygens (including phenoxy) is 1. The second-order valence-electron chi connectivity index (χ2n) is 6.11. The van der Waals surface area contributed by atoms with Crippen LogP contribution in [-0.2, 0) is 19.4 Å². The Kier molecular flexibility index (Phi) is 7.00. The third-order valence-corrected chi connectivity index (χ3v) is 6.00. The van der Waals surface area contributed by atoms with Gasteiger partial charge in [0.25, 0.3) is 0 Å². The Labute approximate surface area is 123 Å². The molecule has 118 valence electrons. The van der Waals surface area contributed by atoms with E-state index >= 15 is 0 Å². The van der Waals surface area contributed by atoms with Crippen molar-refractivity contribution in [1.29, 1.82) is 0 Å². The summed E-state index contributed by atoms with van der Waals surface area (Å²) in [5.74, 6) is 0.129. The average Bonchev–Trinajstić information content (AvgIpc) is 3.11. The van der Waals surface area contributed by atoms with Gasteiger partial charge in [-0.05, 0) is 24.7 Å². The largest absolute Gasteiger partial charge is 0.469 e. The van der Waals surface area contributed by atoms with Gasteiger partial charge in [0.2, 0.25) is 0 Å². The predicted octanol–water partition coefficient (Wildman–Crippen LogP) is 3.11. The second-order valence-corrected chi connectivity index (χ2v) is 8.30. The van der Waals surface area contributed by atoms with Crippen LogP contribution in [0, 0.1) is 5.41 Å². The number of unbranched alkanes of at least 4 members (excludes halogenated alkanes) is 5. The van der Waals surface area contributed by atoms with Gasteiger partial charge in [0.1, 0.15) is 0 Å². The fourth-order valence-electron chi connectivity index (χ4n) is 2.57. The van der Waals surface area contributed by atoms with Gasteiger partial charge in [-0.25, -0.2) is 8.42 Å². The van der Waals surface area contributed by atoms with Crippen LogP contribution in [0.4, 0.5) is 0 Å². The van der Waals surface area contributed by atoms with E-state index in [0.717, 1.165) is 32.1 Å². The van der Waals surface area contributed by atoms with Crippen molar-refractivity contribution in [3.63, 3.8) is 0 Å². The summed E-state index contributed by atoms with van der Waals surface area (Å²) in [7, 11) is -1.68. The Morgan fingerprint density at radius 2 is 1.70 bits per heavy atom. The van der Waals surface area contributed by atoms with Crippen LogP contribution in [0.25, 0.3) is 0 Å². The third-order valence-electron chi connectivity index (χ3n) is 4.04. The minimum Gasteiger partial charge on any atom is -0.469 e. The van der Waals surface area contributed by atoms with Crippen molar-refractivity contribution in [2.24, 2.45) is 5.41 Å². The van der Waals surface area contributed by atoms with Crippen LogP contribution in [0.1, 0.15) is 64.7 Å². The van der Waals surface area contributed by atoms with Gasteiger partial charge in [-0.1, -0.05) is 39.0 Å². The number of methoxy groups -OCH3 is 1. The molecular formula is C15H28O4S. The lowest BCUT2D eigenvalue weighted by Crippen LogP contribution is -2.23. The molecule has 4 nitrogen and oxygen atoms in total. The molecule has 0 atom stereocenters. The van der Waals surface area contributed by atoms with Crippen LogP contribution in [0.15, 0.2) is 0 Å². The van der Waals surface area contributed by atoms with Gasteiger partial charge in [-0.3, -0.25) is 4.79 Å². The third kappa shape index (κ3) is 6.73. The summed E-state index contributed by atoms with van der Waals surface area (Å²) < 4.78 is 28.8. The fraction of sp³-hybridized carbons (Fsp3) is 0.933. The van der Waals surface area contributed by atoms with E-state index in [1.54, 1.807) is 0 Å². The van der Waals surface area contributed by atoms with Crippen LogP contribution in [0.5, 0.6) is 0 Å². The maximum Gasteiger partial charge on any atom is 0.306 e. The zero-order chi connectivity index (χ0) is 15.1. The zero-order valence-electron chi connectivity index (χ0n) is 12.8. The van der Waals surface area contributed by atoms with Crippen LogP contribution < -0.4 is 0 Å². The van der Waals surface area contributed by atoms with Gasteiger partial charge >= 0.3 is 5.97 Å². The number of carbonyl (C=O) groups is 1. The summed E-state index contributed by atoms with van der Waals surface area (Å²) in [6.45, 7) is 2.17. The summed E-state index contributed by atoms with van der Waals surface area (Å²) >= 11 is 0. The summed E-state index contributed by atoms with van der Waals surface area (Å²) in [5.41, 5.74) is -0.311. The van der Waals surface area contributed by atoms with E-state index in [-0.39, 0.29) is 29.3 Å². The Morgan fingerprint density at radius 1 is 1.10 bits per heavy atom. The molecule has 5 heteroatoms. The smallest absolute Gasteiger partial charge is 0.306 e. The molecule has 0 amide bonds. The maximum atomic E-state index is 12.1. The molecule has 0 aromatic carbocycles. The molecule has 0 spiro atoms.